The van der Waals surface area contributed by atoms with Crippen LogP contribution in [0.4, 0.5) is 0 Å². The zero-order valence-electron chi connectivity index (χ0n) is 9.78. The summed E-state index contributed by atoms with van der Waals surface area (Å²) < 4.78 is 5.29. The van der Waals surface area contributed by atoms with Crippen molar-refractivity contribution in [2.45, 2.75) is 38.5 Å². The van der Waals surface area contributed by atoms with Crippen LogP contribution in [0.1, 0.15) is 43.8 Å². The predicted molar refractivity (Wildman–Crippen MR) is 60.1 cm³/mol. The van der Waals surface area contributed by atoms with E-state index in [2.05, 4.69) is 22.4 Å². The topological polar surface area (TPSA) is 51.0 Å². The van der Waals surface area contributed by atoms with E-state index < -0.39 is 0 Å². The van der Waals surface area contributed by atoms with E-state index in [1.165, 1.54) is 25.8 Å². The molecule has 1 aromatic rings. The molecule has 1 aromatic heterocycles. The zero-order chi connectivity index (χ0) is 11.0. The van der Waals surface area contributed by atoms with E-state index in [4.69, 9.17) is 4.52 Å². The summed E-state index contributed by atoms with van der Waals surface area (Å²) in [7, 11) is 0. The molecule has 2 aliphatic rings. The zero-order valence-corrected chi connectivity index (χ0v) is 9.78. The van der Waals surface area contributed by atoms with Crippen molar-refractivity contribution in [1.82, 2.24) is 15.5 Å². The second kappa shape index (κ2) is 4.17. The Morgan fingerprint density at radius 3 is 3.06 bits per heavy atom. The third-order valence-corrected chi connectivity index (χ3v) is 3.85. The lowest BCUT2D eigenvalue weighted by atomic mass is 10.0. The third kappa shape index (κ3) is 2.12. The normalized spacial score (nSPS) is 33.2. The molecule has 1 N–H and O–H groups in total. The van der Waals surface area contributed by atoms with Gasteiger partial charge in [-0.1, -0.05) is 12.1 Å². The summed E-state index contributed by atoms with van der Waals surface area (Å²) in [6.45, 7) is 4.56. The van der Waals surface area contributed by atoms with Crippen LogP contribution >= 0.6 is 0 Å². The van der Waals surface area contributed by atoms with Gasteiger partial charge < -0.3 is 9.84 Å². The van der Waals surface area contributed by atoms with E-state index in [0.29, 0.717) is 5.92 Å². The van der Waals surface area contributed by atoms with Crippen molar-refractivity contribution in [2.24, 2.45) is 11.8 Å². The van der Waals surface area contributed by atoms with Crippen LogP contribution in [0, 0.1) is 11.8 Å². The second-order valence-electron chi connectivity index (χ2n) is 5.26. The Kier molecular flexibility index (Phi) is 2.67. The largest absolute Gasteiger partial charge is 0.339 e. The number of hydrogen-bond acceptors (Lipinski definition) is 4. The molecule has 2 fully saturated rings. The molecule has 0 bridgehead atoms. The van der Waals surface area contributed by atoms with Crippen molar-refractivity contribution in [2.75, 3.05) is 13.1 Å². The Morgan fingerprint density at radius 2 is 2.38 bits per heavy atom. The predicted octanol–water partition coefficient (Wildman–Crippen LogP) is 1.74. The van der Waals surface area contributed by atoms with E-state index in [1.807, 2.05) is 0 Å². The van der Waals surface area contributed by atoms with Gasteiger partial charge in [-0.15, -0.1) is 0 Å². The van der Waals surface area contributed by atoms with Crippen LogP contribution in [-0.4, -0.2) is 23.2 Å². The maximum Gasteiger partial charge on any atom is 0.226 e. The van der Waals surface area contributed by atoms with Crippen molar-refractivity contribution >= 4 is 0 Å². The maximum absolute atomic E-state index is 5.29. The average Bonchev–Trinajstić information content (AvgIpc) is 2.80. The molecule has 88 valence electrons. The number of aryl methyl sites for hydroxylation is 1. The molecule has 16 heavy (non-hydrogen) atoms. The Labute approximate surface area is 95.8 Å². The Hall–Kier alpha value is -0.900. The monoisotopic (exact) mass is 221 g/mol. The maximum atomic E-state index is 5.29. The Morgan fingerprint density at radius 1 is 1.50 bits per heavy atom. The molecule has 3 atom stereocenters. The van der Waals surface area contributed by atoms with Gasteiger partial charge in [0.05, 0.1) is 0 Å². The van der Waals surface area contributed by atoms with E-state index in [-0.39, 0.29) is 0 Å². The molecule has 1 aliphatic heterocycles. The molecular weight excluding hydrogens is 202 g/mol. The lowest BCUT2D eigenvalue weighted by Gasteiger charge is -2.03. The van der Waals surface area contributed by atoms with Gasteiger partial charge in [-0.05, 0) is 44.2 Å². The lowest BCUT2D eigenvalue weighted by molar-refractivity contribution is 0.360. The van der Waals surface area contributed by atoms with Crippen LogP contribution in [-0.2, 0) is 6.42 Å². The van der Waals surface area contributed by atoms with Crippen molar-refractivity contribution in [3.05, 3.63) is 11.7 Å². The lowest BCUT2D eigenvalue weighted by Crippen LogP contribution is -2.09. The van der Waals surface area contributed by atoms with Gasteiger partial charge in [0.15, 0.2) is 5.82 Å². The van der Waals surface area contributed by atoms with E-state index >= 15 is 0 Å². The molecule has 0 radical (unpaired) electrons. The summed E-state index contributed by atoms with van der Waals surface area (Å²) in [5.41, 5.74) is 0. The second-order valence-corrected chi connectivity index (χ2v) is 5.26. The summed E-state index contributed by atoms with van der Waals surface area (Å²) in [6.07, 6.45) is 4.64. The van der Waals surface area contributed by atoms with Crippen LogP contribution in [0.3, 0.4) is 0 Å². The Bertz CT molecular complexity index is 357. The molecule has 0 aromatic carbocycles. The van der Waals surface area contributed by atoms with Crippen LogP contribution in [0.2, 0.25) is 0 Å². The fourth-order valence-corrected chi connectivity index (χ4v) is 2.49. The van der Waals surface area contributed by atoms with Crippen molar-refractivity contribution in [3.8, 4) is 0 Å². The summed E-state index contributed by atoms with van der Waals surface area (Å²) in [4.78, 5) is 4.49. The summed E-state index contributed by atoms with van der Waals surface area (Å²) in [5, 5.41) is 7.45. The standard InChI is InChI=1S/C12H19N3O/c1-8-6-10(8)12-14-11(16-15-12)3-2-9-4-5-13-7-9/h8-10,13H,2-7H2,1H3. The molecule has 1 saturated carbocycles. The SMILES string of the molecule is CC1CC1c1noc(CCC2CCNC2)n1. The smallest absolute Gasteiger partial charge is 0.226 e. The van der Waals surface area contributed by atoms with Gasteiger partial charge in [0.1, 0.15) is 0 Å². The molecule has 0 amide bonds. The fourth-order valence-electron chi connectivity index (χ4n) is 2.49. The molecule has 4 heteroatoms. The number of nitrogens with zero attached hydrogens (tertiary/aromatic N) is 2. The Balaban J connectivity index is 1.52. The van der Waals surface area contributed by atoms with Gasteiger partial charge in [0, 0.05) is 12.3 Å². The van der Waals surface area contributed by atoms with Gasteiger partial charge >= 0.3 is 0 Å². The first-order valence-electron chi connectivity index (χ1n) is 6.36. The first-order chi connectivity index (χ1) is 7.83. The van der Waals surface area contributed by atoms with Gasteiger partial charge in [0.25, 0.3) is 0 Å². The highest BCUT2D eigenvalue weighted by Gasteiger charge is 2.38. The van der Waals surface area contributed by atoms with Gasteiger partial charge in [0.2, 0.25) is 5.89 Å². The summed E-state index contributed by atoms with van der Waals surface area (Å²) in [6, 6.07) is 0. The number of aromatic nitrogens is 2. The highest BCUT2D eigenvalue weighted by molar-refractivity contribution is 5.07. The van der Waals surface area contributed by atoms with E-state index in [9.17, 15) is 0 Å². The van der Waals surface area contributed by atoms with Crippen LogP contribution < -0.4 is 5.32 Å². The van der Waals surface area contributed by atoms with E-state index in [1.54, 1.807) is 0 Å². The van der Waals surface area contributed by atoms with Gasteiger partial charge in [-0.2, -0.15) is 4.98 Å². The van der Waals surface area contributed by atoms with Crippen molar-refractivity contribution in [1.29, 1.82) is 0 Å². The molecule has 4 nitrogen and oxygen atoms in total. The average molecular weight is 221 g/mol. The first kappa shape index (κ1) is 10.3. The van der Waals surface area contributed by atoms with Crippen LogP contribution in [0.25, 0.3) is 0 Å². The minimum Gasteiger partial charge on any atom is -0.339 e. The summed E-state index contributed by atoms with van der Waals surface area (Å²) in [5.74, 6) is 3.90. The van der Waals surface area contributed by atoms with Crippen LogP contribution in [0.15, 0.2) is 4.52 Å². The highest BCUT2D eigenvalue weighted by Crippen LogP contribution is 2.45. The molecule has 3 rings (SSSR count). The van der Waals surface area contributed by atoms with Crippen molar-refractivity contribution in [3.63, 3.8) is 0 Å². The van der Waals surface area contributed by atoms with Gasteiger partial charge in [-0.3, -0.25) is 0 Å². The highest BCUT2D eigenvalue weighted by atomic mass is 16.5. The molecule has 3 unspecified atom stereocenters. The number of rotatable bonds is 4. The third-order valence-electron chi connectivity index (χ3n) is 3.85. The van der Waals surface area contributed by atoms with Gasteiger partial charge in [-0.25, -0.2) is 0 Å². The van der Waals surface area contributed by atoms with E-state index in [0.717, 1.165) is 36.5 Å². The number of nitrogens with one attached hydrogen (secondary N) is 1. The van der Waals surface area contributed by atoms with Crippen LogP contribution in [0.5, 0.6) is 0 Å². The molecular formula is C12H19N3O. The number of hydrogen-bond donors (Lipinski definition) is 1. The summed E-state index contributed by atoms with van der Waals surface area (Å²) >= 11 is 0. The molecule has 0 spiro atoms. The first-order valence-corrected chi connectivity index (χ1v) is 6.36. The molecule has 1 aliphatic carbocycles. The minimum absolute atomic E-state index is 0.575. The molecule has 2 heterocycles. The van der Waals surface area contributed by atoms with Crippen molar-refractivity contribution < 1.29 is 4.52 Å². The quantitative estimate of drug-likeness (QED) is 0.841. The minimum atomic E-state index is 0.575. The fraction of sp³-hybridized carbons (Fsp3) is 0.833. The molecule has 1 saturated heterocycles.